The fourth-order valence-electron chi connectivity index (χ4n) is 2.30. The lowest BCUT2D eigenvalue weighted by Crippen LogP contribution is -2.15. The molecule has 3 rings (SSSR count). The van der Waals surface area contributed by atoms with Crippen LogP contribution in [0.3, 0.4) is 0 Å². The third kappa shape index (κ3) is 3.97. The molecule has 154 valence electrons. The molecule has 4 nitrogen and oxygen atoms in total. The fraction of sp³-hybridized carbons (Fsp3) is 0. The number of carbonyl (C=O) groups excluding carboxylic acids is 2. The number of hydrogen-bond donors (Lipinski definition) is 0. The van der Waals surface area contributed by atoms with E-state index in [0.717, 1.165) is 12.1 Å². The molecule has 3 aromatic rings. The minimum absolute atomic E-state index is 0.469. The van der Waals surface area contributed by atoms with Gasteiger partial charge in [-0.25, -0.2) is 35.9 Å². The van der Waals surface area contributed by atoms with Gasteiger partial charge in [0.2, 0.25) is 0 Å². The molecule has 0 unspecified atom stereocenters. The molecule has 0 saturated heterocycles. The van der Waals surface area contributed by atoms with Crippen LogP contribution >= 0.6 is 0 Å². The van der Waals surface area contributed by atoms with Crippen molar-refractivity contribution in [1.82, 2.24) is 0 Å². The van der Waals surface area contributed by atoms with Crippen LogP contribution in [0, 0.1) is 34.9 Å². The number of esters is 2. The summed E-state index contributed by atoms with van der Waals surface area (Å²) < 4.78 is 89.8. The maximum Gasteiger partial charge on any atom is 0.346 e. The minimum atomic E-state index is -1.89. The molecule has 3 aromatic carbocycles. The molecule has 0 aliphatic heterocycles. The van der Waals surface area contributed by atoms with Crippen LogP contribution < -0.4 is 9.47 Å². The van der Waals surface area contributed by atoms with Crippen molar-refractivity contribution in [3.05, 3.63) is 94.6 Å². The van der Waals surface area contributed by atoms with E-state index in [1.165, 1.54) is 12.1 Å². The van der Waals surface area contributed by atoms with Crippen LogP contribution in [0.1, 0.15) is 20.7 Å². The van der Waals surface area contributed by atoms with Crippen LogP contribution in [0.25, 0.3) is 0 Å². The van der Waals surface area contributed by atoms with E-state index in [0.29, 0.717) is 24.3 Å². The van der Waals surface area contributed by atoms with Crippen molar-refractivity contribution in [3.8, 4) is 11.5 Å². The summed E-state index contributed by atoms with van der Waals surface area (Å²) in [4.78, 5) is 24.2. The molecule has 0 saturated carbocycles. The first-order valence-corrected chi connectivity index (χ1v) is 8.01. The second-order valence-corrected chi connectivity index (χ2v) is 5.67. The Labute approximate surface area is 164 Å². The molecule has 0 aromatic heterocycles. The van der Waals surface area contributed by atoms with E-state index in [-0.39, 0.29) is 0 Å². The highest BCUT2D eigenvalue weighted by molar-refractivity contribution is 5.93. The van der Waals surface area contributed by atoms with E-state index in [1.807, 2.05) is 0 Å². The number of carbonyl (C=O) groups is 2. The monoisotopic (exact) mass is 426 g/mol. The van der Waals surface area contributed by atoms with Gasteiger partial charge in [0.15, 0.2) is 46.4 Å². The van der Waals surface area contributed by atoms with Gasteiger partial charge in [-0.05, 0) is 36.4 Å². The van der Waals surface area contributed by atoms with Crippen molar-refractivity contribution in [3.63, 3.8) is 0 Å². The lowest BCUT2D eigenvalue weighted by Gasteiger charge is -2.11. The Balaban J connectivity index is 1.87. The summed E-state index contributed by atoms with van der Waals surface area (Å²) in [6.45, 7) is 0. The summed E-state index contributed by atoms with van der Waals surface area (Å²) in [5, 5.41) is 0. The van der Waals surface area contributed by atoms with Gasteiger partial charge in [0, 0.05) is 0 Å². The quantitative estimate of drug-likeness (QED) is 0.256. The number of halogens is 6. The summed E-state index contributed by atoms with van der Waals surface area (Å²) in [7, 11) is 0. The van der Waals surface area contributed by atoms with Crippen LogP contribution in [0.5, 0.6) is 11.5 Å². The maximum atomic E-state index is 13.8. The molecule has 0 aliphatic carbocycles. The van der Waals surface area contributed by atoms with Crippen molar-refractivity contribution in [1.29, 1.82) is 0 Å². The number of rotatable bonds is 4. The lowest BCUT2D eigenvalue weighted by molar-refractivity contribution is 0.0675. The predicted octanol–water partition coefficient (Wildman–Crippen LogP) is 4.96. The Kier molecular flexibility index (Phi) is 5.77. The third-order valence-corrected chi connectivity index (χ3v) is 3.76. The molecule has 0 heterocycles. The Morgan fingerprint density at radius 1 is 0.533 bits per heavy atom. The highest BCUT2D eigenvalue weighted by atomic mass is 19.2. The van der Waals surface area contributed by atoms with Crippen molar-refractivity contribution >= 4 is 11.9 Å². The van der Waals surface area contributed by atoms with Gasteiger partial charge in [0.1, 0.15) is 0 Å². The summed E-state index contributed by atoms with van der Waals surface area (Å²) in [5.74, 6) is -14.2. The summed E-state index contributed by atoms with van der Waals surface area (Å²) in [5.41, 5.74) is -1.89. The third-order valence-electron chi connectivity index (χ3n) is 3.76. The summed E-state index contributed by atoms with van der Waals surface area (Å²) in [6, 6.07) is 7.13. The van der Waals surface area contributed by atoms with Crippen molar-refractivity contribution < 1.29 is 45.4 Å². The molecule has 0 bridgehead atoms. The van der Waals surface area contributed by atoms with Gasteiger partial charge in [0.05, 0.1) is 11.1 Å². The van der Waals surface area contributed by atoms with Gasteiger partial charge < -0.3 is 9.47 Å². The zero-order valence-corrected chi connectivity index (χ0v) is 14.5. The van der Waals surface area contributed by atoms with E-state index in [2.05, 4.69) is 0 Å². The molecule has 0 N–H and O–H groups in total. The average molecular weight is 426 g/mol. The van der Waals surface area contributed by atoms with Crippen LogP contribution in [-0.4, -0.2) is 11.9 Å². The Hall–Kier alpha value is -3.82. The first-order chi connectivity index (χ1) is 14.2. The first kappa shape index (κ1) is 20.9. The van der Waals surface area contributed by atoms with Crippen LogP contribution in [0.4, 0.5) is 26.3 Å². The smallest absolute Gasteiger partial charge is 0.346 e. The summed E-state index contributed by atoms with van der Waals surface area (Å²) in [6.07, 6.45) is 0. The molecule has 0 radical (unpaired) electrons. The molecule has 0 fully saturated rings. The molecule has 10 heteroatoms. The van der Waals surface area contributed by atoms with Crippen molar-refractivity contribution in [2.24, 2.45) is 0 Å². The standard InChI is InChI=1S/C20H8F6O4/c21-11-7-5-9(15(23)17(11)25)19(27)29-13-3-1-2-4-14(13)30-20(28)10-6-8-12(22)18(26)16(10)24/h1-8H. The molecular weight excluding hydrogens is 418 g/mol. The van der Waals surface area contributed by atoms with E-state index in [4.69, 9.17) is 9.47 Å². The van der Waals surface area contributed by atoms with Gasteiger partial charge in [-0.15, -0.1) is 0 Å². The van der Waals surface area contributed by atoms with E-state index in [9.17, 15) is 35.9 Å². The predicted molar refractivity (Wildman–Crippen MR) is 89.0 cm³/mol. The Bertz CT molecular complexity index is 1070. The minimum Gasteiger partial charge on any atom is -0.419 e. The van der Waals surface area contributed by atoms with Gasteiger partial charge >= 0.3 is 11.9 Å². The van der Waals surface area contributed by atoms with Gasteiger partial charge in [-0.3, -0.25) is 0 Å². The molecule has 30 heavy (non-hydrogen) atoms. The number of hydrogen-bond acceptors (Lipinski definition) is 4. The maximum absolute atomic E-state index is 13.8. The lowest BCUT2D eigenvalue weighted by atomic mass is 10.2. The largest absolute Gasteiger partial charge is 0.419 e. The van der Waals surface area contributed by atoms with Crippen LogP contribution in [-0.2, 0) is 0 Å². The molecule has 0 aliphatic rings. The number of benzene rings is 3. The zero-order chi connectivity index (χ0) is 22.0. The highest BCUT2D eigenvalue weighted by Crippen LogP contribution is 2.29. The second kappa shape index (κ2) is 8.27. The van der Waals surface area contributed by atoms with Crippen LogP contribution in [0.2, 0.25) is 0 Å². The summed E-state index contributed by atoms with van der Waals surface area (Å²) >= 11 is 0. The van der Waals surface area contributed by atoms with Gasteiger partial charge in [-0.1, -0.05) is 12.1 Å². The van der Waals surface area contributed by atoms with Crippen molar-refractivity contribution in [2.45, 2.75) is 0 Å². The number of ether oxygens (including phenoxy) is 2. The molecule has 0 amide bonds. The zero-order valence-electron chi connectivity index (χ0n) is 14.5. The van der Waals surface area contributed by atoms with Gasteiger partial charge in [-0.2, -0.15) is 0 Å². The fourth-order valence-corrected chi connectivity index (χ4v) is 2.30. The highest BCUT2D eigenvalue weighted by Gasteiger charge is 2.24. The van der Waals surface area contributed by atoms with Gasteiger partial charge in [0.25, 0.3) is 0 Å². The first-order valence-electron chi connectivity index (χ1n) is 8.01. The average Bonchev–Trinajstić information content (AvgIpc) is 2.71. The second-order valence-electron chi connectivity index (χ2n) is 5.67. The molecule has 0 spiro atoms. The molecule has 0 atom stereocenters. The number of para-hydroxylation sites is 2. The van der Waals surface area contributed by atoms with E-state index < -0.39 is 69.5 Å². The van der Waals surface area contributed by atoms with E-state index >= 15 is 0 Å². The Morgan fingerprint density at radius 2 is 0.900 bits per heavy atom. The normalized spacial score (nSPS) is 10.6. The SMILES string of the molecule is O=C(Oc1ccccc1OC(=O)c1ccc(F)c(F)c1F)c1ccc(F)c(F)c1F. The molecular formula is C20H8F6O4. The van der Waals surface area contributed by atoms with E-state index in [1.54, 1.807) is 0 Å². The van der Waals surface area contributed by atoms with Crippen LogP contribution in [0.15, 0.2) is 48.5 Å². The van der Waals surface area contributed by atoms with Crippen molar-refractivity contribution in [2.75, 3.05) is 0 Å². The topological polar surface area (TPSA) is 52.6 Å². The Morgan fingerprint density at radius 3 is 1.27 bits per heavy atom.